The zero-order valence-electron chi connectivity index (χ0n) is 12.6. The van der Waals surface area contributed by atoms with Crippen LogP contribution in [0.15, 0.2) is 24.4 Å². The van der Waals surface area contributed by atoms with Crippen molar-refractivity contribution in [2.75, 3.05) is 17.6 Å². The van der Waals surface area contributed by atoms with Crippen LogP contribution in [0.5, 0.6) is 0 Å². The number of hydrogen-bond acceptors (Lipinski definition) is 5. The lowest BCUT2D eigenvalue weighted by Crippen LogP contribution is -2.37. The van der Waals surface area contributed by atoms with Crippen molar-refractivity contribution < 1.29 is 13.2 Å². The van der Waals surface area contributed by atoms with E-state index in [2.05, 4.69) is 20.7 Å². The van der Waals surface area contributed by atoms with E-state index in [1.54, 1.807) is 19.1 Å². The topological polar surface area (TPSA) is 108 Å². The molecule has 3 rings (SSSR count). The van der Waals surface area contributed by atoms with Gasteiger partial charge in [-0.25, -0.2) is 8.42 Å². The lowest BCUT2D eigenvalue weighted by molar-refractivity contribution is 0.102. The molecule has 2 heterocycles. The van der Waals surface area contributed by atoms with Crippen LogP contribution in [-0.4, -0.2) is 46.3 Å². The monoisotopic (exact) mass is 335 g/mol. The summed E-state index contributed by atoms with van der Waals surface area (Å²) in [6.45, 7) is 2.39. The van der Waals surface area contributed by atoms with E-state index in [1.807, 2.05) is 6.07 Å². The Labute approximate surface area is 133 Å². The number of anilines is 1. The number of aromatic amines is 1. The third-order valence-corrected chi connectivity index (χ3v) is 5.71. The molecule has 8 nitrogen and oxygen atoms in total. The molecule has 0 bridgehead atoms. The molecule has 0 radical (unpaired) electrons. The van der Waals surface area contributed by atoms with Crippen molar-refractivity contribution >= 4 is 21.6 Å². The highest BCUT2D eigenvalue weighted by molar-refractivity contribution is 7.89. The number of carbonyl (C=O) groups is 1. The van der Waals surface area contributed by atoms with E-state index in [0.717, 1.165) is 11.1 Å². The maximum atomic E-state index is 12.1. The van der Waals surface area contributed by atoms with Crippen LogP contribution in [0.2, 0.25) is 0 Å². The van der Waals surface area contributed by atoms with Crippen LogP contribution in [-0.2, 0) is 23.0 Å². The van der Waals surface area contributed by atoms with E-state index >= 15 is 0 Å². The Morgan fingerprint density at radius 1 is 1.43 bits per heavy atom. The van der Waals surface area contributed by atoms with Crippen LogP contribution in [0.3, 0.4) is 0 Å². The average molecular weight is 335 g/mol. The maximum absolute atomic E-state index is 12.1. The standard InChI is InChI=1S/C14H17N5O3S/c1-2-23(21,22)19-7-6-11-10(9-19)4-3-5-12(11)16-14(20)13-8-15-18-17-13/h3-5,8H,2,6-7,9H2,1H3,(H,16,20)(H,15,17,18). The first-order valence-corrected chi connectivity index (χ1v) is 8.88. The summed E-state index contributed by atoms with van der Waals surface area (Å²) < 4.78 is 25.5. The highest BCUT2D eigenvalue weighted by atomic mass is 32.2. The first-order valence-electron chi connectivity index (χ1n) is 7.27. The molecule has 0 aliphatic carbocycles. The van der Waals surface area contributed by atoms with Gasteiger partial charge in [0.15, 0.2) is 5.69 Å². The number of sulfonamides is 1. The Bertz CT molecular complexity index is 817. The van der Waals surface area contributed by atoms with Gasteiger partial charge in [0.25, 0.3) is 5.91 Å². The Balaban J connectivity index is 1.84. The number of carbonyl (C=O) groups excluding carboxylic acids is 1. The van der Waals surface area contributed by atoms with Gasteiger partial charge in [-0.2, -0.15) is 19.7 Å². The van der Waals surface area contributed by atoms with Crippen molar-refractivity contribution in [3.8, 4) is 0 Å². The van der Waals surface area contributed by atoms with Crippen LogP contribution in [0.1, 0.15) is 28.5 Å². The van der Waals surface area contributed by atoms with Crippen LogP contribution >= 0.6 is 0 Å². The maximum Gasteiger partial charge on any atom is 0.277 e. The number of nitrogens with one attached hydrogen (secondary N) is 2. The van der Waals surface area contributed by atoms with Gasteiger partial charge in [0, 0.05) is 18.8 Å². The summed E-state index contributed by atoms with van der Waals surface area (Å²) in [6.07, 6.45) is 1.91. The summed E-state index contributed by atoms with van der Waals surface area (Å²) in [5.74, 6) is -0.263. The van der Waals surface area contributed by atoms with E-state index in [4.69, 9.17) is 0 Å². The quantitative estimate of drug-likeness (QED) is 0.858. The minimum atomic E-state index is -3.21. The van der Waals surface area contributed by atoms with Crippen molar-refractivity contribution in [2.45, 2.75) is 19.9 Å². The highest BCUT2D eigenvalue weighted by Crippen LogP contribution is 2.27. The molecule has 2 aromatic rings. The van der Waals surface area contributed by atoms with Crippen molar-refractivity contribution in [1.29, 1.82) is 0 Å². The molecule has 9 heteroatoms. The number of hydrogen-bond donors (Lipinski definition) is 2. The second-order valence-corrected chi connectivity index (χ2v) is 7.49. The molecule has 0 atom stereocenters. The lowest BCUT2D eigenvalue weighted by Gasteiger charge is -2.29. The fourth-order valence-electron chi connectivity index (χ4n) is 2.62. The Hall–Kier alpha value is -2.26. The molecule has 1 aliphatic rings. The smallest absolute Gasteiger partial charge is 0.277 e. The second-order valence-electron chi connectivity index (χ2n) is 5.24. The minimum absolute atomic E-state index is 0.0882. The zero-order valence-corrected chi connectivity index (χ0v) is 13.4. The van der Waals surface area contributed by atoms with Gasteiger partial charge < -0.3 is 5.32 Å². The molecular formula is C14H17N5O3S. The molecule has 0 fully saturated rings. The number of fused-ring (bicyclic) bond motifs is 1. The molecule has 122 valence electrons. The molecule has 1 aromatic carbocycles. The Morgan fingerprint density at radius 2 is 2.26 bits per heavy atom. The number of nitrogens with zero attached hydrogens (tertiary/aromatic N) is 3. The number of amides is 1. The van der Waals surface area contributed by atoms with Gasteiger partial charge in [0.05, 0.1) is 11.9 Å². The molecule has 0 saturated heterocycles. The molecule has 1 aromatic heterocycles. The summed E-state index contributed by atoms with van der Waals surface area (Å²) in [4.78, 5) is 12.1. The van der Waals surface area contributed by atoms with Crippen LogP contribution < -0.4 is 5.32 Å². The van der Waals surface area contributed by atoms with E-state index < -0.39 is 10.0 Å². The molecule has 0 unspecified atom stereocenters. The molecule has 0 spiro atoms. The van der Waals surface area contributed by atoms with Crippen LogP contribution in [0.4, 0.5) is 5.69 Å². The zero-order chi connectivity index (χ0) is 16.4. The summed E-state index contributed by atoms with van der Waals surface area (Å²) >= 11 is 0. The van der Waals surface area contributed by atoms with E-state index in [1.165, 1.54) is 10.5 Å². The molecular weight excluding hydrogens is 318 g/mol. The van der Waals surface area contributed by atoms with Crippen LogP contribution in [0.25, 0.3) is 0 Å². The molecule has 0 saturated carbocycles. The van der Waals surface area contributed by atoms with Crippen molar-refractivity contribution in [3.05, 3.63) is 41.2 Å². The van der Waals surface area contributed by atoms with Crippen molar-refractivity contribution in [1.82, 2.24) is 19.7 Å². The summed E-state index contributed by atoms with van der Waals surface area (Å²) in [5, 5.41) is 12.6. The fourth-order valence-corrected chi connectivity index (χ4v) is 3.69. The predicted octanol–water partition coefficient (Wildman–Crippen LogP) is 0.765. The predicted molar refractivity (Wildman–Crippen MR) is 84.4 cm³/mol. The van der Waals surface area contributed by atoms with E-state index in [9.17, 15) is 13.2 Å². The van der Waals surface area contributed by atoms with Gasteiger partial charge in [0.1, 0.15) is 0 Å². The summed E-state index contributed by atoms with van der Waals surface area (Å²) in [5.41, 5.74) is 2.76. The average Bonchev–Trinajstić information content (AvgIpc) is 3.09. The van der Waals surface area contributed by atoms with Gasteiger partial charge in [-0.1, -0.05) is 12.1 Å². The minimum Gasteiger partial charge on any atom is -0.320 e. The largest absolute Gasteiger partial charge is 0.320 e. The number of benzene rings is 1. The summed E-state index contributed by atoms with van der Waals surface area (Å²) in [6, 6.07) is 5.50. The van der Waals surface area contributed by atoms with E-state index in [-0.39, 0.29) is 17.4 Å². The first kappa shape index (κ1) is 15.6. The fraction of sp³-hybridized carbons (Fsp3) is 0.357. The van der Waals surface area contributed by atoms with Gasteiger partial charge in [-0.15, -0.1) is 0 Å². The van der Waals surface area contributed by atoms with Gasteiger partial charge in [-0.3, -0.25) is 4.79 Å². The van der Waals surface area contributed by atoms with Gasteiger partial charge >= 0.3 is 0 Å². The molecule has 1 amide bonds. The molecule has 2 N–H and O–H groups in total. The normalized spacial score (nSPS) is 15.2. The lowest BCUT2D eigenvalue weighted by atomic mass is 9.99. The third-order valence-electron chi connectivity index (χ3n) is 3.88. The van der Waals surface area contributed by atoms with Crippen molar-refractivity contribution in [2.24, 2.45) is 0 Å². The number of H-pyrrole nitrogens is 1. The van der Waals surface area contributed by atoms with Crippen LogP contribution in [0, 0.1) is 0 Å². The molecule has 1 aliphatic heterocycles. The second kappa shape index (κ2) is 6.09. The Kier molecular flexibility index (Phi) is 4.14. The number of aromatic nitrogens is 3. The van der Waals surface area contributed by atoms with Crippen molar-refractivity contribution in [3.63, 3.8) is 0 Å². The van der Waals surface area contributed by atoms with Gasteiger partial charge in [0.2, 0.25) is 10.0 Å². The molecule has 23 heavy (non-hydrogen) atoms. The SMILES string of the molecule is CCS(=O)(=O)N1CCc2c(cccc2NC(=O)c2cn[nH]n2)C1. The van der Waals surface area contributed by atoms with E-state index in [0.29, 0.717) is 25.2 Å². The first-order chi connectivity index (χ1) is 11.0. The third kappa shape index (κ3) is 3.10. The van der Waals surface area contributed by atoms with Gasteiger partial charge in [-0.05, 0) is 30.5 Å². The highest BCUT2D eigenvalue weighted by Gasteiger charge is 2.26. The summed E-state index contributed by atoms with van der Waals surface area (Å²) in [7, 11) is -3.21. The Morgan fingerprint density at radius 3 is 2.96 bits per heavy atom. The number of rotatable bonds is 4.